The van der Waals surface area contributed by atoms with Crippen LogP contribution in [-0.4, -0.2) is 37.6 Å². The zero-order valence-electron chi connectivity index (χ0n) is 9.17. The zero-order valence-corrected chi connectivity index (χ0v) is 9.17. The molecule has 0 aromatic carbocycles. The van der Waals surface area contributed by atoms with Crippen molar-refractivity contribution in [1.82, 2.24) is 4.90 Å². The number of ether oxygens (including phenoxy) is 1. The lowest BCUT2D eigenvalue weighted by molar-refractivity contribution is -0.136. The molecule has 0 fully saturated rings. The van der Waals surface area contributed by atoms with Crippen LogP contribution in [0.5, 0.6) is 0 Å². The SMILES string of the molecule is CCCN(CC)C(=O)C(C)COC. The van der Waals surface area contributed by atoms with Gasteiger partial charge in [0.1, 0.15) is 0 Å². The summed E-state index contributed by atoms with van der Waals surface area (Å²) in [7, 11) is 1.62. The number of amides is 1. The zero-order chi connectivity index (χ0) is 10.3. The monoisotopic (exact) mass is 187 g/mol. The highest BCUT2D eigenvalue weighted by atomic mass is 16.5. The maximum Gasteiger partial charge on any atom is 0.227 e. The van der Waals surface area contributed by atoms with Gasteiger partial charge in [-0.25, -0.2) is 0 Å². The average molecular weight is 187 g/mol. The van der Waals surface area contributed by atoms with Crippen LogP contribution < -0.4 is 0 Å². The lowest BCUT2D eigenvalue weighted by atomic mass is 10.1. The number of hydrogen-bond acceptors (Lipinski definition) is 2. The molecule has 0 saturated heterocycles. The fourth-order valence-corrected chi connectivity index (χ4v) is 1.33. The highest BCUT2D eigenvalue weighted by Crippen LogP contribution is 2.03. The molecule has 13 heavy (non-hydrogen) atoms. The molecular formula is C10H21NO2. The molecule has 3 nitrogen and oxygen atoms in total. The van der Waals surface area contributed by atoms with E-state index in [-0.39, 0.29) is 11.8 Å². The predicted molar refractivity (Wildman–Crippen MR) is 53.6 cm³/mol. The van der Waals surface area contributed by atoms with Crippen LogP contribution >= 0.6 is 0 Å². The Hall–Kier alpha value is -0.570. The van der Waals surface area contributed by atoms with E-state index in [9.17, 15) is 4.79 Å². The first kappa shape index (κ1) is 12.4. The molecule has 0 saturated carbocycles. The van der Waals surface area contributed by atoms with E-state index in [0.717, 1.165) is 19.5 Å². The molecule has 0 aliphatic rings. The maximum atomic E-state index is 11.7. The summed E-state index contributed by atoms with van der Waals surface area (Å²) in [5.41, 5.74) is 0. The van der Waals surface area contributed by atoms with Gasteiger partial charge < -0.3 is 9.64 Å². The van der Waals surface area contributed by atoms with Crippen LogP contribution in [0.25, 0.3) is 0 Å². The first-order valence-electron chi connectivity index (χ1n) is 4.95. The molecule has 0 bridgehead atoms. The van der Waals surface area contributed by atoms with Gasteiger partial charge in [-0.2, -0.15) is 0 Å². The molecule has 0 N–H and O–H groups in total. The summed E-state index contributed by atoms with van der Waals surface area (Å²) in [4.78, 5) is 13.6. The Morgan fingerprint density at radius 1 is 1.46 bits per heavy atom. The van der Waals surface area contributed by atoms with Crippen molar-refractivity contribution in [2.24, 2.45) is 5.92 Å². The van der Waals surface area contributed by atoms with Crippen molar-refractivity contribution in [1.29, 1.82) is 0 Å². The molecule has 0 aliphatic carbocycles. The van der Waals surface area contributed by atoms with Gasteiger partial charge in [0.2, 0.25) is 5.91 Å². The lowest BCUT2D eigenvalue weighted by Gasteiger charge is -2.23. The van der Waals surface area contributed by atoms with Crippen molar-refractivity contribution in [3.8, 4) is 0 Å². The molecule has 78 valence electrons. The van der Waals surface area contributed by atoms with E-state index in [1.165, 1.54) is 0 Å². The van der Waals surface area contributed by atoms with Gasteiger partial charge in [0, 0.05) is 20.2 Å². The van der Waals surface area contributed by atoms with Crippen LogP contribution in [0.3, 0.4) is 0 Å². The minimum atomic E-state index is -0.0171. The number of carbonyl (C=O) groups excluding carboxylic acids is 1. The quantitative estimate of drug-likeness (QED) is 0.631. The average Bonchev–Trinajstić information content (AvgIpc) is 2.13. The number of hydrogen-bond donors (Lipinski definition) is 0. The van der Waals surface area contributed by atoms with Gasteiger partial charge >= 0.3 is 0 Å². The Balaban J connectivity index is 4.02. The highest BCUT2D eigenvalue weighted by molar-refractivity contribution is 5.78. The first-order chi connectivity index (χ1) is 6.17. The maximum absolute atomic E-state index is 11.7. The second-order valence-electron chi connectivity index (χ2n) is 3.27. The standard InChI is InChI=1S/C10H21NO2/c1-5-7-11(6-2)10(12)9(3)8-13-4/h9H,5-8H2,1-4H3. The smallest absolute Gasteiger partial charge is 0.227 e. The fraction of sp³-hybridized carbons (Fsp3) is 0.900. The molecular weight excluding hydrogens is 166 g/mol. The number of rotatable bonds is 6. The minimum Gasteiger partial charge on any atom is -0.384 e. The first-order valence-corrected chi connectivity index (χ1v) is 4.95. The number of methoxy groups -OCH3 is 1. The van der Waals surface area contributed by atoms with E-state index in [1.807, 2.05) is 18.7 Å². The summed E-state index contributed by atoms with van der Waals surface area (Å²) >= 11 is 0. The third kappa shape index (κ3) is 4.27. The molecule has 0 aliphatic heterocycles. The third-order valence-electron chi connectivity index (χ3n) is 2.03. The molecule has 0 radical (unpaired) electrons. The molecule has 0 heterocycles. The second kappa shape index (κ2) is 6.89. The van der Waals surface area contributed by atoms with Gasteiger partial charge in [-0.3, -0.25) is 4.79 Å². The van der Waals surface area contributed by atoms with E-state index in [1.54, 1.807) is 7.11 Å². The summed E-state index contributed by atoms with van der Waals surface area (Å²) in [5, 5.41) is 0. The Morgan fingerprint density at radius 2 is 2.08 bits per heavy atom. The Kier molecular flexibility index (Phi) is 6.59. The number of carbonyl (C=O) groups is 1. The summed E-state index contributed by atoms with van der Waals surface area (Å²) in [6.07, 6.45) is 1.01. The lowest BCUT2D eigenvalue weighted by Crippen LogP contribution is -2.37. The van der Waals surface area contributed by atoms with Crippen molar-refractivity contribution in [2.45, 2.75) is 27.2 Å². The van der Waals surface area contributed by atoms with Gasteiger partial charge in [-0.05, 0) is 13.3 Å². The van der Waals surface area contributed by atoms with Gasteiger partial charge in [0.15, 0.2) is 0 Å². The van der Waals surface area contributed by atoms with E-state index in [2.05, 4.69) is 6.92 Å². The predicted octanol–water partition coefficient (Wildman–Crippen LogP) is 1.53. The van der Waals surface area contributed by atoms with Crippen molar-refractivity contribution in [2.75, 3.05) is 26.8 Å². The Morgan fingerprint density at radius 3 is 2.46 bits per heavy atom. The van der Waals surface area contributed by atoms with E-state index >= 15 is 0 Å². The molecule has 1 amide bonds. The Bertz CT molecular complexity index is 148. The van der Waals surface area contributed by atoms with Crippen LogP contribution in [0, 0.1) is 5.92 Å². The molecule has 3 heteroatoms. The largest absolute Gasteiger partial charge is 0.384 e. The molecule has 0 aromatic rings. The third-order valence-corrected chi connectivity index (χ3v) is 2.03. The normalized spacial score (nSPS) is 12.6. The highest BCUT2D eigenvalue weighted by Gasteiger charge is 2.17. The second-order valence-corrected chi connectivity index (χ2v) is 3.27. The van der Waals surface area contributed by atoms with Crippen LogP contribution in [0.1, 0.15) is 27.2 Å². The molecule has 1 unspecified atom stereocenters. The van der Waals surface area contributed by atoms with Crippen LogP contribution in [0.4, 0.5) is 0 Å². The van der Waals surface area contributed by atoms with Gasteiger partial charge in [-0.15, -0.1) is 0 Å². The summed E-state index contributed by atoms with van der Waals surface area (Å²) in [5.74, 6) is 0.183. The van der Waals surface area contributed by atoms with Crippen LogP contribution in [-0.2, 0) is 9.53 Å². The van der Waals surface area contributed by atoms with Crippen molar-refractivity contribution in [3.63, 3.8) is 0 Å². The minimum absolute atomic E-state index is 0.0171. The van der Waals surface area contributed by atoms with Crippen molar-refractivity contribution < 1.29 is 9.53 Å². The molecule has 0 rings (SSSR count). The van der Waals surface area contributed by atoms with Crippen LogP contribution in [0.15, 0.2) is 0 Å². The number of nitrogens with zero attached hydrogens (tertiary/aromatic N) is 1. The Labute approximate surface area is 81.1 Å². The van der Waals surface area contributed by atoms with Gasteiger partial charge in [0.05, 0.1) is 12.5 Å². The summed E-state index contributed by atoms with van der Waals surface area (Å²) < 4.78 is 4.95. The summed E-state index contributed by atoms with van der Waals surface area (Å²) in [6.45, 7) is 8.15. The van der Waals surface area contributed by atoms with Crippen LogP contribution in [0.2, 0.25) is 0 Å². The van der Waals surface area contributed by atoms with E-state index in [4.69, 9.17) is 4.74 Å². The van der Waals surface area contributed by atoms with Gasteiger partial charge in [-0.1, -0.05) is 13.8 Å². The van der Waals surface area contributed by atoms with E-state index in [0.29, 0.717) is 6.61 Å². The topological polar surface area (TPSA) is 29.5 Å². The van der Waals surface area contributed by atoms with Crippen molar-refractivity contribution >= 4 is 5.91 Å². The molecule has 1 atom stereocenters. The molecule has 0 aromatic heterocycles. The molecule has 0 spiro atoms. The fourth-order valence-electron chi connectivity index (χ4n) is 1.33. The summed E-state index contributed by atoms with van der Waals surface area (Å²) in [6, 6.07) is 0. The van der Waals surface area contributed by atoms with Gasteiger partial charge in [0.25, 0.3) is 0 Å². The van der Waals surface area contributed by atoms with Crippen molar-refractivity contribution in [3.05, 3.63) is 0 Å². The van der Waals surface area contributed by atoms with E-state index < -0.39 is 0 Å².